The minimum Gasteiger partial charge on any atom is -0.394 e. The Kier molecular flexibility index (Phi) is 4.33. The fourth-order valence-corrected chi connectivity index (χ4v) is 2.00. The maximum atomic E-state index is 12.2. The summed E-state index contributed by atoms with van der Waals surface area (Å²) < 4.78 is 10.3. The molecule has 0 bridgehead atoms. The van der Waals surface area contributed by atoms with Crippen LogP contribution in [-0.2, 0) is 11.2 Å². The highest BCUT2D eigenvalue weighted by atomic mass is 16.5. The Labute approximate surface area is 106 Å². The highest BCUT2D eigenvalue weighted by molar-refractivity contribution is 5.92. The van der Waals surface area contributed by atoms with Gasteiger partial charge in [-0.1, -0.05) is 12.1 Å². The van der Waals surface area contributed by atoms with Gasteiger partial charge in [-0.25, -0.2) is 0 Å². The second-order valence-corrected chi connectivity index (χ2v) is 4.34. The number of rotatable bonds is 4. The molecule has 1 amide bonds. The van der Waals surface area contributed by atoms with E-state index in [1.807, 2.05) is 6.92 Å². The first kappa shape index (κ1) is 13.0. The summed E-state index contributed by atoms with van der Waals surface area (Å²) in [5, 5.41) is 13.0. The highest BCUT2D eigenvalue weighted by Gasteiger charge is 2.29. The van der Waals surface area contributed by atoms with E-state index in [1.165, 1.54) is 0 Å². The lowest BCUT2D eigenvalue weighted by atomic mass is 10.2. The number of aromatic nitrogens is 1. The first-order valence-electron chi connectivity index (χ1n) is 6.21. The summed E-state index contributed by atoms with van der Waals surface area (Å²) in [5.41, 5.74) is 0.304. The average Bonchev–Trinajstić information content (AvgIpc) is 2.87. The van der Waals surface area contributed by atoms with Crippen molar-refractivity contribution in [3.05, 3.63) is 17.5 Å². The Bertz CT molecular complexity index is 405. The van der Waals surface area contributed by atoms with Crippen LogP contribution >= 0.6 is 0 Å². The number of amides is 1. The van der Waals surface area contributed by atoms with E-state index in [0.717, 1.165) is 18.6 Å². The molecule has 0 aromatic carbocycles. The van der Waals surface area contributed by atoms with Crippen molar-refractivity contribution in [2.75, 3.05) is 26.4 Å². The van der Waals surface area contributed by atoms with Gasteiger partial charge in [0.1, 0.15) is 5.76 Å². The Hall–Kier alpha value is -1.40. The summed E-state index contributed by atoms with van der Waals surface area (Å²) in [6, 6.07) is 1.38. The third kappa shape index (κ3) is 2.70. The summed E-state index contributed by atoms with van der Waals surface area (Å²) in [6.07, 6.45) is 1.71. The van der Waals surface area contributed by atoms with E-state index in [-0.39, 0.29) is 18.6 Å². The van der Waals surface area contributed by atoms with Crippen LogP contribution in [0.25, 0.3) is 0 Å². The van der Waals surface area contributed by atoms with Crippen molar-refractivity contribution < 1.29 is 19.2 Å². The van der Waals surface area contributed by atoms with E-state index in [1.54, 1.807) is 11.0 Å². The van der Waals surface area contributed by atoms with Crippen LogP contribution in [0.3, 0.4) is 0 Å². The molecule has 100 valence electrons. The van der Waals surface area contributed by atoms with Crippen molar-refractivity contribution in [1.29, 1.82) is 0 Å². The van der Waals surface area contributed by atoms with E-state index < -0.39 is 0 Å². The third-order valence-electron chi connectivity index (χ3n) is 2.97. The number of hydrogen-bond donors (Lipinski definition) is 1. The number of aliphatic hydroxyl groups is 1. The molecule has 0 radical (unpaired) electrons. The lowest BCUT2D eigenvalue weighted by Crippen LogP contribution is -2.50. The van der Waals surface area contributed by atoms with Gasteiger partial charge in [-0.3, -0.25) is 4.79 Å². The van der Waals surface area contributed by atoms with Crippen LogP contribution in [0.15, 0.2) is 10.6 Å². The number of morpholine rings is 1. The van der Waals surface area contributed by atoms with Gasteiger partial charge in [-0.05, 0) is 6.42 Å². The van der Waals surface area contributed by atoms with Gasteiger partial charge in [-0.15, -0.1) is 0 Å². The number of aliphatic hydroxyl groups excluding tert-OH is 1. The summed E-state index contributed by atoms with van der Waals surface area (Å²) >= 11 is 0. The summed E-state index contributed by atoms with van der Waals surface area (Å²) in [5.74, 6) is 0.512. The topological polar surface area (TPSA) is 75.8 Å². The largest absolute Gasteiger partial charge is 0.394 e. The molecule has 0 spiro atoms. The molecule has 6 nitrogen and oxygen atoms in total. The quantitative estimate of drug-likeness (QED) is 0.844. The summed E-state index contributed by atoms with van der Waals surface area (Å²) in [4.78, 5) is 13.8. The smallest absolute Gasteiger partial charge is 0.276 e. The van der Waals surface area contributed by atoms with Gasteiger partial charge in [-0.2, -0.15) is 0 Å². The molecule has 2 rings (SSSR count). The first-order valence-corrected chi connectivity index (χ1v) is 6.21. The number of ether oxygens (including phenoxy) is 1. The second-order valence-electron chi connectivity index (χ2n) is 4.34. The van der Waals surface area contributed by atoms with Crippen LogP contribution in [0, 0.1) is 0 Å². The lowest BCUT2D eigenvalue weighted by molar-refractivity contribution is -0.0188. The Morgan fingerprint density at radius 1 is 1.67 bits per heavy atom. The van der Waals surface area contributed by atoms with Crippen molar-refractivity contribution in [2.45, 2.75) is 25.8 Å². The van der Waals surface area contributed by atoms with Crippen molar-refractivity contribution in [3.63, 3.8) is 0 Å². The monoisotopic (exact) mass is 254 g/mol. The molecule has 1 unspecified atom stereocenters. The highest BCUT2D eigenvalue weighted by Crippen LogP contribution is 2.13. The molecule has 1 aliphatic rings. The number of carbonyl (C=O) groups excluding carboxylic acids is 1. The SMILES string of the molecule is CCCc1cc(C(=O)N2CCOCC2CO)no1. The van der Waals surface area contributed by atoms with E-state index in [9.17, 15) is 9.90 Å². The molecule has 1 aliphatic heterocycles. The Morgan fingerprint density at radius 3 is 3.22 bits per heavy atom. The number of carbonyl (C=O) groups is 1. The van der Waals surface area contributed by atoms with Gasteiger partial charge in [0, 0.05) is 19.0 Å². The van der Waals surface area contributed by atoms with E-state index >= 15 is 0 Å². The van der Waals surface area contributed by atoms with Crippen LogP contribution in [0.5, 0.6) is 0 Å². The van der Waals surface area contributed by atoms with Crippen molar-refractivity contribution >= 4 is 5.91 Å². The molecule has 1 aromatic heterocycles. The predicted octanol–water partition coefficient (Wildman–Crippen LogP) is 0.460. The van der Waals surface area contributed by atoms with Crippen LogP contribution in [0.2, 0.25) is 0 Å². The van der Waals surface area contributed by atoms with Gasteiger partial charge in [0.25, 0.3) is 5.91 Å². The molecule has 1 N–H and O–H groups in total. The van der Waals surface area contributed by atoms with Gasteiger partial charge in [0.15, 0.2) is 5.69 Å². The zero-order chi connectivity index (χ0) is 13.0. The Morgan fingerprint density at radius 2 is 2.50 bits per heavy atom. The van der Waals surface area contributed by atoms with E-state index in [0.29, 0.717) is 25.5 Å². The van der Waals surface area contributed by atoms with Crippen molar-refractivity contribution in [3.8, 4) is 0 Å². The zero-order valence-electron chi connectivity index (χ0n) is 10.5. The summed E-state index contributed by atoms with van der Waals surface area (Å²) in [6.45, 7) is 3.25. The fourth-order valence-electron chi connectivity index (χ4n) is 2.00. The lowest BCUT2D eigenvalue weighted by Gasteiger charge is -2.33. The molecule has 1 aromatic rings. The standard InChI is InChI=1S/C12H18N2O4/c1-2-3-10-6-11(13-18-10)12(16)14-4-5-17-8-9(14)7-15/h6,9,15H,2-5,7-8H2,1H3. The molecule has 0 aliphatic carbocycles. The normalized spacial score (nSPS) is 20.1. The molecule has 1 fully saturated rings. The third-order valence-corrected chi connectivity index (χ3v) is 2.97. The van der Waals surface area contributed by atoms with Crippen LogP contribution in [0.4, 0.5) is 0 Å². The van der Waals surface area contributed by atoms with Crippen LogP contribution < -0.4 is 0 Å². The van der Waals surface area contributed by atoms with E-state index in [2.05, 4.69) is 5.16 Å². The molecule has 2 heterocycles. The minimum absolute atomic E-state index is 0.106. The molecule has 1 saturated heterocycles. The molecular weight excluding hydrogens is 236 g/mol. The second kappa shape index (κ2) is 5.97. The van der Waals surface area contributed by atoms with Crippen molar-refractivity contribution in [2.24, 2.45) is 0 Å². The van der Waals surface area contributed by atoms with Gasteiger partial charge < -0.3 is 19.3 Å². The first-order chi connectivity index (χ1) is 8.76. The molecule has 6 heteroatoms. The zero-order valence-corrected chi connectivity index (χ0v) is 10.5. The van der Waals surface area contributed by atoms with E-state index in [4.69, 9.17) is 9.26 Å². The maximum absolute atomic E-state index is 12.2. The van der Waals surface area contributed by atoms with Gasteiger partial charge >= 0.3 is 0 Å². The molecule has 1 atom stereocenters. The average molecular weight is 254 g/mol. The Balaban J connectivity index is 2.08. The van der Waals surface area contributed by atoms with Crippen LogP contribution in [0.1, 0.15) is 29.6 Å². The van der Waals surface area contributed by atoms with Crippen molar-refractivity contribution in [1.82, 2.24) is 10.1 Å². The van der Waals surface area contributed by atoms with Crippen LogP contribution in [-0.4, -0.2) is 53.5 Å². The number of nitrogens with zero attached hydrogens (tertiary/aromatic N) is 2. The minimum atomic E-state index is -0.294. The number of hydrogen-bond acceptors (Lipinski definition) is 5. The van der Waals surface area contributed by atoms with Gasteiger partial charge in [0.2, 0.25) is 0 Å². The maximum Gasteiger partial charge on any atom is 0.276 e. The summed E-state index contributed by atoms with van der Waals surface area (Å²) in [7, 11) is 0. The molecular formula is C12H18N2O4. The fraction of sp³-hybridized carbons (Fsp3) is 0.667. The molecule has 0 saturated carbocycles. The molecule has 18 heavy (non-hydrogen) atoms. The number of aryl methyl sites for hydroxylation is 1. The predicted molar refractivity (Wildman–Crippen MR) is 63.2 cm³/mol. The van der Waals surface area contributed by atoms with Gasteiger partial charge in [0.05, 0.1) is 25.9 Å².